The Morgan fingerprint density at radius 3 is 2.50 bits per heavy atom. The van der Waals surface area contributed by atoms with Crippen LogP contribution >= 0.6 is 0 Å². The molecule has 1 heterocycles. The molecule has 1 saturated heterocycles. The molecule has 68 valence electrons. The summed E-state index contributed by atoms with van der Waals surface area (Å²) in [6, 6.07) is 0.729. The lowest BCUT2D eigenvalue weighted by Crippen LogP contribution is -2.57. The summed E-state index contributed by atoms with van der Waals surface area (Å²) in [5, 5.41) is 3.20. The summed E-state index contributed by atoms with van der Waals surface area (Å²) < 4.78 is 0. The van der Waals surface area contributed by atoms with Crippen LogP contribution in [-0.2, 0) is 9.59 Å². The summed E-state index contributed by atoms with van der Waals surface area (Å²) >= 11 is 0. The molecule has 0 aromatic rings. The van der Waals surface area contributed by atoms with Gasteiger partial charge in [0.15, 0.2) is 0 Å². The standard InChI is InChI=1S/C7H14N2O2Si/c10-6-12(7-11)5-1-2-8-3-4-9-12/h6-9H,1-5H2. The van der Waals surface area contributed by atoms with Gasteiger partial charge in [-0.1, -0.05) is 0 Å². The van der Waals surface area contributed by atoms with Gasteiger partial charge in [-0.2, -0.15) is 0 Å². The zero-order valence-electron chi connectivity index (χ0n) is 7.01. The SMILES string of the molecule is O=C[Si]1(C=O)CCCNCCN1. The fourth-order valence-electron chi connectivity index (χ4n) is 1.33. The molecular weight excluding hydrogens is 172 g/mol. The maximum atomic E-state index is 10.7. The van der Waals surface area contributed by atoms with Gasteiger partial charge in [-0.25, -0.2) is 0 Å². The van der Waals surface area contributed by atoms with Crippen LogP contribution in [0, 0.1) is 0 Å². The van der Waals surface area contributed by atoms with Gasteiger partial charge < -0.3 is 19.9 Å². The van der Waals surface area contributed by atoms with Crippen LogP contribution in [0.5, 0.6) is 0 Å². The Morgan fingerprint density at radius 1 is 1.08 bits per heavy atom. The lowest BCUT2D eigenvalue weighted by atomic mass is 10.4. The molecule has 0 unspecified atom stereocenters. The molecule has 12 heavy (non-hydrogen) atoms. The summed E-state index contributed by atoms with van der Waals surface area (Å²) in [7, 11) is -2.36. The molecule has 0 radical (unpaired) electrons. The van der Waals surface area contributed by atoms with Crippen molar-refractivity contribution in [2.75, 3.05) is 19.6 Å². The van der Waals surface area contributed by atoms with E-state index in [4.69, 9.17) is 0 Å². The third-order valence-electron chi connectivity index (χ3n) is 2.12. The van der Waals surface area contributed by atoms with Crippen molar-refractivity contribution in [2.45, 2.75) is 12.5 Å². The van der Waals surface area contributed by atoms with Crippen molar-refractivity contribution in [1.29, 1.82) is 0 Å². The molecule has 1 aliphatic heterocycles. The average molecular weight is 186 g/mol. The minimum Gasteiger partial charge on any atom is -0.325 e. The zero-order valence-corrected chi connectivity index (χ0v) is 8.01. The van der Waals surface area contributed by atoms with Gasteiger partial charge in [0.2, 0.25) is 0 Å². The van der Waals surface area contributed by atoms with Crippen LogP contribution in [0.25, 0.3) is 0 Å². The van der Waals surface area contributed by atoms with E-state index in [2.05, 4.69) is 10.3 Å². The van der Waals surface area contributed by atoms with E-state index in [1.807, 2.05) is 0 Å². The highest BCUT2D eigenvalue weighted by atomic mass is 28.3. The highest BCUT2D eigenvalue weighted by molar-refractivity contribution is 7.16. The van der Waals surface area contributed by atoms with E-state index in [1.54, 1.807) is 0 Å². The Balaban J connectivity index is 2.57. The number of nitrogens with one attached hydrogen (secondary N) is 2. The monoisotopic (exact) mass is 186 g/mol. The number of hydrogen-bond donors (Lipinski definition) is 2. The Morgan fingerprint density at radius 2 is 1.83 bits per heavy atom. The molecule has 0 amide bonds. The van der Waals surface area contributed by atoms with Crippen molar-refractivity contribution >= 4 is 20.1 Å². The van der Waals surface area contributed by atoms with E-state index in [0.29, 0.717) is 0 Å². The van der Waals surface area contributed by atoms with Crippen molar-refractivity contribution in [3.63, 3.8) is 0 Å². The second-order valence-corrected chi connectivity index (χ2v) is 6.46. The Bertz CT molecular complexity index is 157. The molecule has 0 saturated carbocycles. The van der Waals surface area contributed by atoms with E-state index in [9.17, 15) is 9.59 Å². The third-order valence-corrected chi connectivity index (χ3v) is 5.05. The van der Waals surface area contributed by atoms with E-state index >= 15 is 0 Å². The lowest BCUT2D eigenvalue weighted by molar-refractivity contribution is 0.555. The smallest absolute Gasteiger partial charge is 0.266 e. The molecule has 4 nitrogen and oxygen atoms in total. The van der Waals surface area contributed by atoms with E-state index in [1.165, 1.54) is 0 Å². The van der Waals surface area contributed by atoms with E-state index in [-0.39, 0.29) is 0 Å². The number of rotatable bonds is 2. The topological polar surface area (TPSA) is 58.2 Å². The van der Waals surface area contributed by atoms with Crippen molar-refractivity contribution in [1.82, 2.24) is 10.3 Å². The van der Waals surface area contributed by atoms with Crippen molar-refractivity contribution in [3.8, 4) is 0 Å². The summed E-state index contributed by atoms with van der Waals surface area (Å²) in [4.78, 5) is 24.5. The molecule has 1 aliphatic rings. The molecule has 0 bridgehead atoms. The average Bonchev–Trinajstić information content (AvgIpc) is 2.06. The van der Waals surface area contributed by atoms with Crippen LogP contribution in [0.15, 0.2) is 0 Å². The molecule has 5 heteroatoms. The molecule has 1 rings (SSSR count). The number of carbonyl (C=O) groups excluding carboxylic acids is 2. The summed E-state index contributed by atoms with van der Waals surface area (Å²) in [6.07, 6.45) is 0.913. The molecule has 0 atom stereocenters. The summed E-state index contributed by atoms with van der Waals surface area (Å²) in [5.41, 5.74) is 0. The molecule has 2 N–H and O–H groups in total. The quantitative estimate of drug-likeness (QED) is 0.431. The second kappa shape index (κ2) is 4.49. The summed E-state index contributed by atoms with van der Waals surface area (Å²) in [5.74, 6) is 1.70. The predicted molar refractivity (Wildman–Crippen MR) is 49.6 cm³/mol. The normalized spacial score (nSPS) is 23.7. The first-order valence-corrected chi connectivity index (χ1v) is 6.57. The van der Waals surface area contributed by atoms with Crippen LogP contribution in [0.3, 0.4) is 0 Å². The lowest BCUT2D eigenvalue weighted by Gasteiger charge is -2.23. The van der Waals surface area contributed by atoms with Gasteiger partial charge in [0.05, 0.1) is 0 Å². The van der Waals surface area contributed by atoms with Crippen LogP contribution in [-0.4, -0.2) is 39.7 Å². The molecule has 0 aromatic heterocycles. The minimum atomic E-state index is -2.36. The van der Waals surface area contributed by atoms with Crippen molar-refractivity contribution < 1.29 is 9.59 Å². The van der Waals surface area contributed by atoms with Crippen LogP contribution in [0.4, 0.5) is 0 Å². The zero-order chi connectivity index (χ0) is 8.86. The molecule has 0 spiro atoms. The van der Waals surface area contributed by atoms with Gasteiger partial charge in [0.1, 0.15) is 11.8 Å². The van der Waals surface area contributed by atoms with Gasteiger partial charge in [0.25, 0.3) is 8.24 Å². The molecule has 0 aromatic carbocycles. The fourth-order valence-corrected chi connectivity index (χ4v) is 3.32. The number of hydrogen-bond acceptors (Lipinski definition) is 4. The Hall–Kier alpha value is -0.523. The van der Waals surface area contributed by atoms with Gasteiger partial charge in [-0.3, -0.25) is 0 Å². The van der Waals surface area contributed by atoms with Crippen molar-refractivity contribution in [3.05, 3.63) is 0 Å². The Kier molecular flexibility index (Phi) is 3.58. The Labute approximate surface area is 72.8 Å². The first kappa shape index (κ1) is 9.56. The highest BCUT2D eigenvalue weighted by Crippen LogP contribution is 2.04. The van der Waals surface area contributed by atoms with Crippen LogP contribution in [0.2, 0.25) is 6.04 Å². The number of carbonyl (C=O) groups is 2. The van der Waals surface area contributed by atoms with Crippen LogP contribution < -0.4 is 10.3 Å². The third kappa shape index (κ3) is 2.23. The van der Waals surface area contributed by atoms with Gasteiger partial charge in [0, 0.05) is 13.1 Å². The maximum Gasteiger partial charge on any atom is 0.266 e. The second-order valence-electron chi connectivity index (χ2n) is 3.06. The van der Waals surface area contributed by atoms with Gasteiger partial charge >= 0.3 is 0 Å². The molecular formula is C7H14N2O2Si. The fraction of sp³-hybridized carbons (Fsp3) is 0.714. The maximum absolute atomic E-state index is 10.7. The van der Waals surface area contributed by atoms with Gasteiger partial charge in [-0.15, -0.1) is 0 Å². The largest absolute Gasteiger partial charge is 0.325 e. The van der Waals surface area contributed by atoms with Crippen molar-refractivity contribution in [2.24, 2.45) is 0 Å². The predicted octanol–water partition coefficient (Wildman–Crippen LogP) is -0.941. The first-order chi connectivity index (χ1) is 5.83. The van der Waals surface area contributed by atoms with Crippen LogP contribution in [0.1, 0.15) is 6.42 Å². The summed E-state index contributed by atoms with van der Waals surface area (Å²) in [6.45, 7) is 2.48. The van der Waals surface area contributed by atoms with E-state index < -0.39 is 8.24 Å². The van der Waals surface area contributed by atoms with E-state index in [0.717, 1.165) is 43.9 Å². The highest BCUT2D eigenvalue weighted by Gasteiger charge is 2.32. The van der Waals surface area contributed by atoms with Gasteiger partial charge in [-0.05, 0) is 19.0 Å². The minimum absolute atomic E-state index is 0.726. The first-order valence-electron chi connectivity index (χ1n) is 4.21. The molecule has 0 aliphatic carbocycles. The molecule has 1 fully saturated rings.